The van der Waals surface area contributed by atoms with Gasteiger partial charge in [-0.1, -0.05) is 30.3 Å². The summed E-state index contributed by atoms with van der Waals surface area (Å²) < 4.78 is 1.76. The fourth-order valence-electron chi connectivity index (χ4n) is 1.79. The van der Waals surface area contributed by atoms with E-state index in [-0.39, 0.29) is 5.56 Å². The van der Waals surface area contributed by atoms with Gasteiger partial charge in [-0.2, -0.15) is 0 Å². The van der Waals surface area contributed by atoms with Gasteiger partial charge in [0, 0.05) is 18.3 Å². The van der Waals surface area contributed by atoms with E-state index in [1.807, 2.05) is 37.3 Å². The van der Waals surface area contributed by atoms with Crippen LogP contribution in [0, 0.1) is 6.92 Å². The van der Waals surface area contributed by atoms with Crippen molar-refractivity contribution in [1.29, 1.82) is 0 Å². The molecule has 2 rings (SSSR count). The Morgan fingerprint density at radius 3 is 2.29 bits per heavy atom. The molecule has 1 aromatic carbocycles. The monoisotopic (exact) mass is 228 g/mol. The Bertz CT molecular complexity index is 555. The van der Waals surface area contributed by atoms with Gasteiger partial charge in [-0.05, 0) is 24.1 Å². The molecule has 0 radical (unpaired) electrons. The van der Waals surface area contributed by atoms with E-state index in [1.165, 1.54) is 0 Å². The zero-order chi connectivity index (χ0) is 12.3. The molecule has 2 aromatic rings. The summed E-state index contributed by atoms with van der Waals surface area (Å²) in [4.78, 5) is 11.7. The molecule has 0 aliphatic carbocycles. The third kappa shape index (κ3) is 2.63. The standard InChI is InChI=1S/C14H16N2O/c1-11-3-2-4-14(17)16(11)10-13-7-5-12(9-15)6-8-13/h2-8H,9-10,15H2,1H3. The van der Waals surface area contributed by atoms with Gasteiger partial charge in [0.15, 0.2) is 0 Å². The summed E-state index contributed by atoms with van der Waals surface area (Å²) >= 11 is 0. The molecule has 2 N–H and O–H groups in total. The Hall–Kier alpha value is -1.87. The predicted octanol–water partition coefficient (Wildman–Crippen LogP) is 1.66. The van der Waals surface area contributed by atoms with Crippen LogP contribution in [-0.4, -0.2) is 4.57 Å². The Morgan fingerprint density at radius 1 is 1.06 bits per heavy atom. The lowest BCUT2D eigenvalue weighted by Crippen LogP contribution is -2.21. The van der Waals surface area contributed by atoms with Crippen LogP contribution < -0.4 is 11.3 Å². The summed E-state index contributed by atoms with van der Waals surface area (Å²) in [6.07, 6.45) is 0. The summed E-state index contributed by atoms with van der Waals surface area (Å²) in [6, 6.07) is 13.3. The van der Waals surface area contributed by atoms with Crippen molar-refractivity contribution in [2.45, 2.75) is 20.0 Å². The highest BCUT2D eigenvalue weighted by Gasteiger charge is 2.00. The lowest BCUT2D eigenvalue weighted by molar-refractivity contribution is 0.729. The molecule has 0 aliphatic rings. The number of aromatic nitrogens is 1. The van der Waals surface area contributed by atoms with Crippen molar-refractivity contribution in [1.82, 2.24) is 4.57 Å². The van der Waals surface area contributed by atoms with E-state index in [9.17, 15) is 4.79 Å². The molecule has 0 unspecified atom stereocenters. The van der Waals surface area contributed by atoms with Gasteiger partial charge < -0.3 is 10.3 Å². The molecule has 0 saturated heterocycles. The molecule has 0 amide bonds. The normalized spacial score (nSPS) is 10.5. The molecule has 0 aliphatic heterocycles. The van der Waals surface area contributed by atoms with Gasteiger partial charge in [0.2, 0.25) is 0 Å². The predicted molar refractivity (Wildman–Crippen MR) is 68.9 cm³/mol. The lowest BCUT2D eigenvalue weighted by Gasteiger charge is -2.09. The van der Waals surface area contributed by atoms with Crippen LogP contribution in [-0.2, 0) is 13.1 Å². The number of hydrogen-bond acceptors (Lipinski definition) is 2. The largest absolute Gasteiger partial charge is 0.326 e. The van der Waals surface area contributed by atoms with Gasteiger partial charge >= 0.3 is 0 Å². The number of pyridine rings is 1. The van der Waals surface area contributed by atoms with Crippen molar-refractivity contribution >= 4 is 0 Å². The maximum absolute atomic E-state index is 11.7. The number of nitrogens with zero attached hydrogens (tertiary/aromatic N) is 1. The molecule has 0 bridgehead atoms. The minimum atomic E-state index is 0.0351. The molecule has 1 heterocycles. The highest BCUT2D eigenvalue weighted by molar-refractivity contribution is 5.23. The first kappa shape index (κ1) is 11.6. The quantitative estimate of drug-likeness (QED) is 0.868. The van der Waals surface area contributed by atoms with E-state index < -0.39 is 0 Å². The van der Waals surface area contributed by atoms with Gasteiger partial charge in [0.05, 0.1) is 6.54 Å². The molecular weight excluding hydrogens is 212 g/mol. The summed E-state index contributed by atoms with van der Waals surface area (Å²) in [5.74, 6) is 0. The van der Waals surface area contributed by atoms with Crippen LogP contribution in [0.4, 0.5) is 0 Å². The van der Waals surface area contributed by atoms with Gasteiger partial charge in [-0.3, -0.25) is 4.79 Å². The van der Waals surface area contributed by atoms with Crippen molar-refractivity contribution in [2.75, 3.05) is 0 Å². The van der Waals surface area contributed by atoms with E-state index in [0.717, 1.165) is 16.8 Å². The second-order valence-electron chi connectivity index (χ2n) is 4.11. The zero-order valence-corrected chi connectivity index (χ0v) is 9.89. The van der Waals surface area contributed by atoms with Gasteiger partial charge in [0.25, 0.3) is 5.56 Å². The van der Waals surface area contributed by atoms with Crippen molar-refractivity contribution in [2.24, 2.45) is 5.73 Å². The number of benzene rings is 1. The first-order valence-electron chi connectivity index (χ1n) is 5.65. The first-order chi connectivity index (χ1) is 8.20. The number of aryl methyl sites for hydroxylation is 1. The van der Waals surface area contributed by atoms with Crippen LogP contribution in [0.15, 0.2) is 47.3 Å². The third-order valence-corrected chi connectivity index (χ3v) is 2.87. The van der Waals surface area contributed by atoms with Crippen LogP contribution in [0.1, 0.15) is 16.8 Å². The number of nitrogens with two attached hydrogens (primary N) is 1. The van der Waals surface area contributed by atoms with Crippen molar-refractivity contribution in [3.63, 3.8) is 0 Å². The van der Waals surface area contributed by atoms with Crippen molar-refractivity contribution in [3.05, 3.63) is 69.6 Å². The topological polar surface area (TPSA) is 48.0 Å². The Morgan fingerprint density at radius 2 is 1.71 bits per heavy atom. The van der Waals surface area contributed by atoms with Crippen LogP contribution in [0.25, 0.3) is 0 Å². The number of hydrogen-bond donors (Lipinski definition) is 1. The summed E-state index contributed by atoms with van der Waals surface area (Å²) in [6.45, 7) is 3.09. The summed E-state index contributed by atoms with van der Waals surface area (Å²) in [7, 11) is 0. The van der Waals surface area contributed by atoms with Crippen molar-refractivity contribution < 1.29 is 0 Å². The molecule has 0 atom stereocenters. The maximum Gasteiger partial charge on any atom is 0.251 e. The van der Waals surface area contributed by atoms with E-state index in [2.05, 4.69) is 0 Å². The van der Waals surface area contributed by atoms with Crippen LogP contribution >= 0.6 is 0 Å². The molecule has 17 heavy (non-hydrogen) atoms. The molecule has 88 valence electrons. The second-order valence-corrected chi connectivity index (χ2v) is 4.11. The third-order valence-electron chi connectivity index (χ3n) is 2.87. The Labute approximate surface area is 101 Å². The second kappa shape index (κ2) is 4.97. The molecular formula is C14H16N2O. The highest BCUT2D eigenvalue weighted by atomic mass is 16.1. The first-order valence-corrected chi connectivity index (χ1v) is 5.65. The fourth-order valence-corrected chi connectivity index (χ4v) is 1.79. The van der Waals surface area contributed by atoms with E-state index in [4.69, 9.17) is 5.73 Å². The van der Waals surface area contributed by atoms with Crippen LogP contribution in [0.5, 0.6) is 0 Å². The van der Waals surface area contributed by atoms with Crippen LogP contribution in [0.2, 0.25) is 0 Å². The van der Waals surface area contributed by atoms with Crippen molar-refractivity contribution in [3.8, 4) is 0 Å². The highest BCUT2D eigenvalue weighted by Crippen LogP contribution is 2.06. The van der Waals surface area contributed by atoms with Crippen LogP contribution in [0.3, 0.4) is 0 Å². The lowest BCUT2D eigenvalue weighted by atomic mass is 10.1. The van der Waals surface area contributed by atoms with E-state index in [1.54, 1.807) is 16.7 Å². The maximum atomic E-state index is 11.7. The molecule has 1 aromatic heterocycles. The summed E-state index contributed by atoms with van der Waals surface area (Å²) in [5.41, 5.74) is 8.77. The van der Waals surface area contributed by atoms with E-state index >= 15 is 0 Å². The Kier molecular flexibility index (Phi) is 3.40. The summed E-state index contributed by atoms with van der Waals surface area (Å²) in [5, 5.41) is 0. The van der Waals surface area contributed by atoms with E-state index in [0.29, 0.717) is 13.1 Å². The van der Waals surface area contributed by atoms with Gasteiger partial charge in [0.1, 0.15) is 0 Å². The van der Waals surface area contributed by atoms with Gasteiger partial charge in [-0.25, -0.2) is 0 Å². The molecule has 3 heteroatoms. The van der Waals surface area contributed by atoms with Gasteiger partial charge in [-0.15, -0.1) is 0 Å². The SMILES string of the molecule is Cc1cccc(=O)n1Cc1ccc(CN)cc1. The average molecular weight is 228 g/mol. The average Bonchev–Trinajstić information content (AvgIpc) is 2.35. The molecule has 0 fully saturated rings. The minimum Gasteiger partial charge on any atom is -0.326 e. The molecule has 3 nitrogen and oxygen atoms in total. The minimum absolute atomic E-state index is 0.0351. The fraction of sp³-hybridized carbons (Fsp3) is 0.214. The zero-order valence-electron chi connectivity index (χ0n) is 9.89. The molecule has 0 spiro atoms. The molecule has 0 saturated carbocycles. The Balaban J connectivity index is 2.28. The smallest absolute Gasteiger partial charge is 0.251 e. The number of rotatable bonds is 3.